The van der Waals surface area contributed by atoms with E-state index in [1.54, 1.807) is 6.20 Å². The second-order valence-electron chi connectivity index (χ2n) is 1.89. The molecule has 56 valence electrons. The molecule has 0 aliphatic heterocycles. The van der Waals surface area contributed by atoms with Crippen LogP contribution in [0, 0.1) is 12.3 Å². The van der Waals surface area contributed by atoms with E-state index in [1.165, 1.54) is 11.2 Å². The van der Waals surface area contributed by atoms with Crippen molar-refractivity contribution in [2.24, 2.45) is 11.6 Å². The average Bonchev–Trinajstić information content (AvgIpc) is 1.89. The molecule has 0 atom stereocenters. The highest BCUT2D eigenvalue weighted by Crippen LogP contribution is 1.88. The predicted octanol–water partition coefficient (Wildman–Crippen LogP) is 0.00540. The Morgan fingerprint density at radius 2 is 2.30 bits per heavy atom. The molecule has 4 N–H and O–H groups in total. The largest absolute Gasteiger partial charge is 0.403 e. The molecule has 0 spiro atoms. The average molecular weight is 139 g/mol. The number of terminal acetylenes is 1. The van der Waals surface area contributed by atoms with Crippen LogP contribution in [0.5, 0.6) is 0 Å². The van der Waals surface area contributed by atoms with Crippen LogP contribution < -0.4 is 11.6 Å². The molecule has 10 heavy (non-hydrogen) atoms. The molecule has 0 unspecified atom stereocenters. The molecule has 0 aliphatic rings. The van der Waals surface area contributed by atoms with E-state index >= 15 is 0 Å². The third-order valence-electron chi connectivity index (χ3n) is 1.01. The fourth-order valence-electron chi connectivity index (χ4n) is 0.549. The summed E-state index contributed by atoms with van der Waals surface area (Å²) in [7, 11) is 0. The van der Waals surface area contributed by atoms with Crippen LogP contribution in [0.25, 0.3) is 0 Å². The van der Waals surface area contributed by atoms with Gasteiger partial charge in [-0.25, -0.2) is 5.84 Å². The predicted molar refractivity (Wildman–Crippen MR) is 42.3 cm³/mol. The van der Waals surface area contributed by atoms with E-state index in [9.17, 15) is 0 Å². The van der Waals surface area contributed by atoms with E-state index in [0.29, 0.717) is 0 Å². The van der Waals surface area contributed by atoms with Gasteiger partial charge in [-0.1, -0.05) is 0 Å². The first-order valence-electron chi connectivity index (χ1n) is 3.14. The van der Waals surface area contributed by atoms with E-state index in [2.05, 4.69) is 5.92 Å². The molecule has 0 fully saturated rings. The summed E-state index contributed by atoms with van der Waals surface area (Å²) < 4.78 is 0. The second kappa shape index (κ2) is 5.99. The van der Waals surface area contributed by atoms with Gasteiger partial charge in [0, 0.05) is 25.4 Å². The van der Waals surface area contributed by atoms with E-state index in [1.807, 2.05) is 0 Å². The summed E-state index contributed by atoms with van der Waals surface area (Å²) in [4.78, 5) is 0. The van der Waals surface area contributed by atoms with Gasteiger partial charge in [0.2, 0.25) is 0 Å². The lowest BCUT2D eigenvalue weighted by molar-refractivity contribution is 0.387. The first-order valence-corrected chi connectivity index (χ1v) is 3.14. The molecule has 3 nitrogen and oxygen atoms in total. The summed E-state index contributed by atoms with van der Waals surface area (Å²) in [5, 5.41) is 1.51. The molecule has 0 rings (SSSR count). The molecule has 0 saturated carbocycles. The van der Waals surface area contributed by atoms with Crippen LogP contribution in [0.1, 0.15) is 12.8 Å². The van der Waals surface area contributed by atoms with Crippen molar-refractivity contribution in [2.75, 3.05) is 6.54 Å². The van der Waals surface area contributed by atoms with E-state index in [0.717, 1.165) is 19.4 Å². The molecule has 0 amide bonds. The molecule has 0 aromatic heterocycles. The van der Waals surface area contributed by atoms with E-state index in [-0.39, 0.29) is 0 Å². The van der Waals surface area contributed by atoms with Crippen molar-refractivity contribution in [3.63, 3.8) is 0 Å². The first kappa shape index (κ1) is 8.86. The third-order valence-corrected chi connectivity index (χ3v) is 1.01. The maximum Gasteiger partial charge on any atom is 0.0344 e. The Hall–Kier alpha value is -1.14. The Bertz CT molecular complexity index is 134. The fraction of sp³-hybridized carbons (Fsp3) is 0.429. The van der Waals surface area contributed by atoms with Crippen molar-refractivity contribution in [3.05, 3.63) is 12.4 Å². The van der Waals surface area contributed by atoms with Crippen LogP contribution in [0.15, 0.2) is 12.4 Å². The number of rotatable bonds is 4. The van der Waals surface area contributed by atoms with Crippen LogP contribution >= 0.6 is 0 Å². The van der Waals surface area contributed by atoms with E-state index < -0.39 is 0 Å². The lowest BCUT2D eigenvalue weighted by Gasteiger charge is -2.10. The summed E-state index contributed by atoms with van der Waals surface area (Å²) in [5.41, 5.74) is 5.09. The van der Waals surface area contributed by atoms with Gasteiger partial charge in [-0.05, 0) is 6.42 Å². The van der Waals surface area contributed by atoms with Crippen molar-refractivity contribution in [1.82, 2.24) is 5.01 Å². The quantitative estimate of drug-likeness (QED) is 0.249. The van der Waals surface area contributed by atoms with Crippen molar-refractivity contribution < 1.29 is 0 Å². The normalized spacial score (nSPS) is 9.60. The highest BCUT2D eigenvalue weighted by atomic mass is 15.4. The topological polar surface area (TPSA) is 55.3 Å². The summed E-state index contributed by atoms with van der Waals surface area (Å²) in [5.74, 6) is 7.95. The third kappa shape index (κ3) is 5.01. The zero-order valence-corrected chi connectivity index (χ0v) is 5.96. The summed E-state index contributed by atoms with van der Waals surface area (Å²) >= 11 is 0. The van der Waals surface area contributed by atoms with Gasteiger partial charge in [-0.3, -0.25) is 0 Å². The molecular weight excluding hydrogens is 126 g/mol. The summed E-state index contributed by atoms with van der Waals surface area (Å²) in [6.07, 6.45) is 9.70. The smallest absolute Gasteiger partial charge is 0.0344 e. The highest BCUT2D eigenvalue weighted by Gasteiger charge is 1.88. The van der Waals surface area contributed by atoms with Crippen LogP contribution in [-0.4, -0.2) is 11.6 Å². The summed E-state index contributed by atoms with van der Waals surface area (Å²) in [6, 6.07) is 0. The summed E-state index contributed by atoms with van der Waals surface area (Å²) in [6.45, 7) is 0.748. The first-order chi connectivity index (χ1) is 4.81. The second-order valence-corrected chi connectivity index (χ2v) is 1.89. The molecule has 0 radical (unpaired) electrons. The van der Waals surface area contributed by atoms with Gasteiger partial charge in [0.25, 0.3) is 0 Å². The number of nitrogens with zero attached hydrogens (tertiary/aromatic N) is 1. The Balaban J connectivity index is 3.23. The standard InChI is InChI=1S/C7H13N3/c1-2-3-4-6-10(9)7-5-8/h1,5,7H,3-4,6,8-9H2/b7-5-. The van der Waals surface area contributed by atoms with Gasteiger partial charge < -0.3 is 10.7 Å². The SMILES string of the molecule is C#CCCCN(N)/C=C\N. The molecule has 0 aliphatic carbocycles. The molecular formula is C7H13N3. The Morgan fingerprint density at radius 1 is 1.60 bits per heavy atom. The van der Waals surface area contributed by atoms with Gasteiger partial charge in [0.1, 0.15) is 0 Å². The number of hydrazine groups is 1. The van der Waals surface area contributed by atoms with Crippen molar-refractivity contribution in [2.45, 2.75) is 12.8 Å². The number of hydrogen-bond donors (Lipinski definition) is 2. The molecule has 0 heterocycles. The number of unbranched alkanes of at least 4 members (excludes halogenated alkanes) is 1. The highest BCUT2D eigenvalue weighted by molar-refractivity contribution is 4.84. The molecule has 0 aromatic rings. The van der Waals surface area contributed by atoms with Gasteiger partial charge in [0.15, 0.2) is 0 Å². The molecule has 0 saturated heterocycles. The van der Waals surface area contributed by atoms with Gasteiger partial charge in [-0.15, -0.1) is 12.3 Å². The minimum Gasteiger partial charge on any atom is -0.403 e. The number of nitrogens with two attached hydrogens (primary N) is 2. The van der Waals surface area contributed by atoms with Crippen LogP contribution in [0.4, 0.5) is 0 Å². The zero-order chi connectivity index (χ0) is 7.82. The van der Waals surface area contributed by atoms with Crippen LogP contribution in [-0.2, 0) is 0 Å². The number of hydrogen-bond acceptors (Lipinski definition) is 3. The lowest BCUT2D eigenvalue weighted by Crippen LogP contribution is -2.26. The minimum atomic E-state index is 0.748. The van der Waals surface area contributed by atoms with Crippen LogP contribution in [0.2, 0.25) is 0 Å². The Kier molecular flexibility index (Phi) is 5.30. The van der Waals surface area contributed by atoms with Gasteiger partial charge >= 0.3 is 0 Å². The lowest BCUT2D eigenvalue weighted by atomic mass is 10.3. The fourth-order valence-corrected chi connectivity index (χ4v) is 0.549. The van der Waals surface area contributed by atoms with Crippen molar-refractivity contribution in [3.8, 4) is 12.3 Å². The Labute approximate surface area is 61.6 Å². The molecule has 0 bridgehead atoms. The monoisotopic (exact) mass is 139 g/mol. The maximum atomic E-state index is 5.42. The maximum absolute atomic E-state index is 5.42. The van der Waals surface area contributed by atoms with Crippen molar-refractivity contribution in [1.29, 1.82) is 0 Å². The van der Waals surface area contributed by atoms with E-state index in [4.69, 9.17) is 18.0 Å². The molecule has 3 heteroatoms. The van der Waals surface area contributed by atoms with Crippen LogP contribution in [0.3, 0.4) is 0 Å². The molecule has 0 aromatic carbocycles. The van der Waals surface area contributed by atoms with Gasteiger partial charge in [0.05, 0.1) is 0 Å². The Morgan fingerprint density at radius 3 is 2.80 bits per heavy atom. The minimum absolute atomic E-state index is 0.748. The van der Waals surface area contributed by atoms with Crippen molar-refractivity contribution >= 4 is 0 Å². The zero-order valence-electron chi connectivity index (χ0n) is 5.96. The van der Waals surface area contributed by atoms with Gasteiger partial charge in [-0.2, -0.15) is 0 Å².